The summed E-state index contributed by atoms with van der Waals surface area (Å²) in [5.74, 6) is -0.606. The molecule has 2 aliphatic carbocycles. The lowest BCUT2D eigenvalue weighted by Gasteiger charge is -2.42. The summed E-state index contributed by atoms with van der Waals surface area (Å²) in [6, 6.07) is 14.5. The quantitative estimate of drug-likeness (QED) is 0.650. The Kier molecular flexibility index (Phi) is 6.23. The van der Waals surface area contributed by atoms with Crippen molar-refractivity contribution in [2.45, 2.75) is 74.7 Å². The van der Waals surface area contributed by atoms with Crippen LogP contribution in [-0.2, 0) is 15.8 Å². The summed E-state index contributed by atoms with van der Waals surface area (Å²) in [5, 5.41) is 9.89. The summed E-state index contributed by atoms with van der Waals surface area (Å²) in [7, 11) is 0. The molecular weight excluding hydrogens is 445 g/mol. The van der Waals surface area contributed by atoms with E-state index >= 15 is 0 Å². The standard InChI is InChI=1S/C26H29F3N2O3/c1-24(34,26(27,28)29)18-9-7-17(8-10-18)22(32)31(20-11-12-20)21-13-15-25(16-14-21,23(30)33)19-5-3-2-4-6-19/h2-10,20-21,34H,11-16H2,1H3,(H2,30,33)/t21?,24-,25?/m0/s1. The number of aliphatic hydroxyl groups is 1. The van der Waals surface area contributed by atoms with Crippen molar-refractivity contribution in [1.29, 1.82) is 0 Å². The van der Waals surface area contributed by atoms with Crippen molar-refractivity contribution < 1.29 is 27.9 Å². The van der Waals surface area contributed by atoms with Gasteiger partial charge >= 0.3 is 6.18 Å². The molecule has 0 heterocycles. The van der Waals surface area contributed by atoms with E-state index in [0.29, 0.717) is 32.6 Å². The second-order valence-corrected chi connectivity index (χ2v) is 9.63. The maximum Gasteiger partial charge on any atom is 0.421 e. The Morgan fingerprint density at radius 3 is 1.94 bits per heavy atom. The molecule has 0 spiro atoms. The van der Waals surface area contributed by atoms with E-state index in [-0.39, 0.29) is 35.0 Å². The fraction of sp³-hybridized carbons (Fsp3) is 0.462. The van der Waals surface area contributed by atoms with E-state index in [1.807, 2.05) is 35.2 Å². The zero-order valence-corrected chi connectivity index (χ0v) is 19.0. The van der Waals surface area contributed by atoms with Crippen LogP contribution >= 0.6 is 0 Å². The van der Waals surface area contributed by atoms with Gasteiger partial charge in [0.1, 0.15) is 0 Å². The summed E-state index contributed by atoms with van der Waals surface area (Å²) in [6.07, 6.45) is -0.790. The van der Waals surface area contributed by atoms with Crippen LogP contribution < -0.4 is 5.73 Å². The van der Waals surface area contributed by atoms with Gasteiger partial charge in [-0.3, -0.25) is 9.59 Å². The molecule has 2 aromatic rings. The van der Waals surface area contributed by atoms with Gasteiger partial charge < -0.3 is 15.7 Å². The van der Waals surface area contributed by atoms with Gasteiger partial charge in [-0.25, -0.2) is 0 Å². The van der Waals surface area contributed by atoms with E-state index in [9.17, 15) is 27.9 Å². The number of nitrogens with two attached hydrogens (primary N) is 1. The highest BCUT2D eigenvalue weighted by Gasteiger charge is 2.51. The van der Waals surface area contributed by atoms with Crippen LogP contribution in [0.4, 0.5) is 13.2 Å². The minimum atomic E-state index is -4.83. The lowest BCUT2D eigenvalue weighted by atomic mass is 9.67. The first-order valence-corrected chi connectivity index (χ1v) is 11.5. The van der Waals surface area contributed by atoms with Crippen molar-refractivity contribution in [2.24, 2.45) is 5.73 Å². The highest BCUT2D eigenvalue weighted by molar-refractivity contribution is 5.95. The molecule has 34 heavy (non-hydrogen) atoms. The molecule has 0 aliphatic heterocycles. The van der Waals surface area contributed by atoms with Crippen LogP contribution in [0.1, 0.15) is 66.9 Å². The lowest BCUT2D eigenvalue weighted by Crippen LogP contribution is -2.50. The van der Waals surface area contributed by atoms with Crippen LogP contribution in [0.5, 0.6) is 0 Å². The van der Waals surface area contributed by atoms with E-state index < -0.39 is 17.2 Å². The second-order valence-electron chi connectivity index (χ2n) is 9.63. The maximum absolute atomic E-state index is 13.4. The lowest BCUT2D eigenvalue weighted by molar-refractivity contribution is -0.258. The Morgan fingerprint density at radius 2 is 1.47 bits per heavy atom. The average molecular weight is 475 g/mol. The third-order valence-corrected chi connectivity index (χ3v) is 7.42. The number of nitrogens with zero attached hydrogens (tertiary/aromatic N) is 1. The first-order chi connectivity index (χ1) is 16.0. The number of primary amides is 1. The minimum Gasteiger partial charge on any atom is -0.376 e. The predicted molar refractivity (Wildman–Crippen MR) is 121 cm³/mol. The minimum absolute atomic E-state index is 0.0749. The molecular formula is C26H29F3N2O3. The van der Waals surface area contributed by atoms with Gasteiger partial charge in [-0.1, -0.05) is 42.5 Å². The topological polar surface area (TPSA) is 83.6 Å². The van der Waals surface area contributed by atoms with Crippen LogP contribution in [0, 0.1) is 0 Å². The molecule has 3 N–H and O–H groups in total. The van der Waals surface area contributed by atoms with Gasteiger partial charge in [0.25, 0.3) is 5.91 Å². The number of amides is 2. The van der Waals surface area contributed by atoms with Crippen molar-refractivity contribution in [2.75, 3.05) is 0 Å². The molecule has 0 aromatic heterocycles. The Bertz CT molecular complexity index is 1040. The van der Waals surface area contributed by atoms with Crippen molar-refractivity contribution in [3.63, 3.8) is 0 Å². The zero-order chi connectivity index (χ0) is 24.7. The summed E-state index contributed by atoms with van der Waals surface area (Å²) >= 11 is 0. The first kappa shape index (κ1) is 24.3. The summed E-state index contributed by atoms with van der Waals surface area (Å²) in [4.78, 5) is 27.7. The van der Waals surface area contributed by atoms with Crippen molar-refractivity contribution in [1.82, 2.24) is 4.90 Å². The van der Waals surface area contributed by atoms with Crippen LogP contribution in [-0.4, -0.2) is 40.1 Å². The monoisotopic (exact) mass is 474 g/mol. The van der Waals surface area contributed by atoms with Gasteiger partial charge in [0.05, 0.1) is 5.41 Å². The molecule has 0 saturated heterocycles. The average Bonchev–Trinajstić information content (AvgIpc) is 3.64. The number of rotatable bonds is 6. The largest absolute Gasteiger partial charge is 0.421 e. The molecule has 0 bridgehead atoms. The van der Waals surface area contributed by atoms with E-state index in [2.05, 4.69) is 0 Å². The fourth-order valence-electron chi connectivity index (χ4n) is 5.04. The van der Waals surface area contributed by atoms with Gasteiger partial charge in [-0.2, -0.15) is 13.2 Å². The van der Waals surface area contributed by atoms with Gasteiger partial charge in [0.15, 0.2) is 5.60 Å². The van der Waals surface area contributed by atoms with Gasteiger partial charge in [-0.05, 0) is 68.7 Å². The predicted octanol–water partition coefficient (Wildman–Crippen LogP) is 4.43. The normalized spacial score (nSPS) is 24.8. The van der Waals surface area contributed by atoms with E-state index in [0.717, 1.165) is 30.5 Å². The SMILES string of the molecule is C[C@](O)(c1ccc(C(=O)N(C2CC2)C2CCC(C(N)=O)(c3ccccc3)CC2)cc1)C(F)(F)F. The Balaban J connectivity index is 1.53. The third kappa shape index (κ3) is 4.31. The number of hydrogen-bond donors (Lipinski definition) is 2. The molecule has 2 aliphatic rings. The number of halogens is 3. The van der Waals surface area contributed by atoms with Crippen LogP contribution in [0.15, 0.2) is 54.6 Å². The molecule has 0 unspecified atom stereocenters. The number of benzene rings is 2. The molecule has 182 valence electrons. The molecule has 1 atom stereocenters. The number of alkyl halides is 3. The van der Waals surface area contributed by atoms with E-state index in [4.69, 9.17) is 5.73 Å². The molecule has 8 heteroatoms. The maximum atomic E-state index is 13.4. The smallest absolute Gasteiger partial charge is 0.376 e. The van der Waals surface area contributed by atoms with Gasteiger partial charge in [0.2, 0.25) is 5.91 Å². The Labute approximate surface area is 196 Å². The molecule has 2 aromatic carbocycles. The summed E-state index contributed by atoms with van der Waals surface area (Å²) in [6.45, 7) is 0.695. The van der Waals surface area contributed by atoms with Crippen LogP contribution in [0.3, 0.4) is 0 Å². The van der Waals surface area contributed by atoms with Crippen LogP contribution in [0.2, 0.25) is 0 Å². The number of carbonyl (C=O) groups is 2. The second kappa shape index (κ2) is 8.73. The molecule has 0 radical (unpaired) electrons. The molecule has 2 amide bonds. The summed E-state index contributed by atoms with van der Waals surface area (Å²) < 4.78 is 39.4. The Morgan fingerprint density at radius 1 is 0.941 bits per heavy atom. The van der Waals surface area contributed by atoms with E-state index in [1.54, 1.807) is 0 Å². The van der Waals surface area contributed by atoms with E-state index in [1.165, 1.54) is 12.1 Å². The van der Waals surface area contributed by atoms with Crippen LogP contribution in [0.25, 0.3) is 0 Å². The summed E-state index contributed by atoms with van der Waals surface area (Å²) in [5.41, 5.74) is 2.93. The van der Waals surface area contributed by atoms with Gasteiger partial charge in [0, 0.05) is 17.6 Å². The zero-order valence-electron chi connectivity index (χ0n) is 19.0. The Hall–Kier alpha value is -2.87. The molecule has 2 saturated carbocycles. The molecule has 4 rings (SSSR count). The van der Waals surface area contributed by atoms with Crippen molar-refractivity contribution >= 4 is 11.8 Å². The number of carbonyl (C=O) groups excluding carboxylic acids is 2. The molecule has 2 fully saturated rings. The van der Waals surface area contributed by atoms with Gasteiger partial charge in [-0.15, -0.1) is 0 Å². The highest BCUT2D eigenvalue weighted by atomic mass is 19.4. The van der Waals surface area contributed by atoms with Crippen molar-refractivity contribution in [3.8, 4) is 0 Å². The molecule has 5 nitrogen and oxygen atoms in total. The number of hydrogen-bond acceptors (Lipinski definition) is 3. The van der Waals surface area contributed by atoms with Crippen molar-refractivity contribution in [3.05, 3.63) is 71.3 Å². The first-order valence-electron chi connectivity index (χ1n) is 11.5. The fourth-order valence-corrected chi connectivity index (χ4v) is 5.04. The third-order valence-electron chi connectivity index (χ3n) is 7.42. The highest BCUT2D eigenvalue weighted by Crippen LogP contribution is 2.43.